The van der Waals surface area contributed by atoms with Crippen LogP contribution in [0, 0.1) is 17.0 Å². The van der Waals surface area contributed by atoms with Gasteiger partial charge in [0.1, 0.15) is 18.3 Å². The van der Waals surface area contributed by atoms with E-state index in [0.29, 0.717) is 17.7 Å². The number of nitro groups is 1. The van der Waals surface area contributed by atoms with Gasteiger partial charge in [-0.25, -0.2) is 8.42 Å². The van der Waals surface area contributed by atoms with E-state index in [1.807, 2.05) is 30.3 Å². The molecule has 0 radical (unpaired) electrons. The molecule has 42 heavy (non-hydrogen) atoms. The van der Waals surface area contributed by atoms with Crippen molar-refractivity contribution < 1.29 is 27.7 Å². The summed E-state index contributed by atoms with van der Waals surface area (Å²) in [6.07, 6.45) is 0.436. The van der Waals surface area contributed by atoms with Crippen LogP contribution in [0.2, 0.25) is 0 Å². The van der Waals surface area contributed by atoms with Gasteiger partial charge in [-0.2, -0.15) is 0 Å². The molecule has 1 atom stereocenters. The highest BCUT2D eigenvalue weighted by Crippen LogP contribution is 2.29. The van der Waals surface area contributed by atoms with Crippen molar-refractivity contribution >= 4 is 33.2 Å². The molecule has 0 fully saturated rings. The lowest BCUT2D eigenvalue weighted by atomic mass is 10.1. The molecule has 1 N–H and O–H groups in total. The Morgan fingerprint density at radius 3 is 2.21 bits per heavy atom. The van der Waals surface area contributed by atoms with Crippen molar-refractivity contribution in [3.8, 4) is 5.75 Å². The summed E-state index contributed by atoms with van der Waals surface area (Å²) < 4.78 is 34.1. The van der Waals surface area contributed by atoms with E-state index in [1.165, 1.54) is 43.2 Å². The third-order valence-electron chi connectivity index (χ3n) is 6.69. The zero-order chi connectivity index (χ0) is 31.0. The Balaban J connectivity index is 2.04. The number of nitrogens with one attached hydrogen (secondary N) is 1. The minimum Gasteiger partial charge on any atom is -0.497 e. The Morgan fingerprint density at radius 2 is 1.64 bits per heavy atom. The van der Waals surface area contributed by atoms with Gasteiger partial charge in [-0.05, 0) is 70.0 Å². The quantitative estimate of drug-likeness (QED) is 0.232. The third kappa shape index (κ3) is 7.84. The third-order valence-corrected chi connectivity index (χ3v) is 8.46. The molecule has 3 aromatic carbocycles. The second kappa shape index (κ2) is 13.9. The number of hydrogen-bond acceptors (Lipinski definition) is 7. The highest BCUT2D eigenvalue weighted by Gasteiger charge is 2.33. The van der Waals surface area contributed by atoms with Gasteiger partial charge in [-0.3, -0.25) is 24.0 Å². The number of sulfonamides is 1. The number of amides is 2. The summed E-state index contributed by atoms with van der Waals surface area (Å²) in [5, 5.41) is 14.4. The van der Waals surface area contributed by atoms with E-state index in [2.05, 4.69) is 5.32 Å². The number of benzene rings is 3. The van der Waals surface area contributed by atoms with Gasteiger partial charge in [0.25, 0.3) is 15.7 Å². The SMILES string of the molecule is COc1ccc(N(CC(=O)N(CCc2ccccc2)[C@H](C)C(=O)NC(C)C)S(=O)(=O)c2ccc(C)c([N+](=O)[O-])c2)cc1. The van der Waals surface area contributed by atoms with Crippen molar-refractivity contribution in [3.05, 3.63) is 94.0 Å². The summed E-state index contributed by atoms with van der Waals surface area (Å²) in [6, 6.07) is 18.0. The average Bonchev–Trinajstić information content (AvgIpc) is 2.96. The first kappa shape index (κ1) is 32.1. The van der Waals surface area contributed by atoms with E-state index >= 15 is 0 Å². The monoisotopic (exact) mass is 596 g/mol. The van der Waals surface area contributed by atoms with Crippen LogP contribution in [0.4, 0.5) is 11.4 Å². The largest absolute Gasteiger partial charge is 0.497 e. The Kier molecular flexibility index (Phi) is 10.6. The predicted octanol–water partition coefficient (Wildman–Crippen LogP) is 4.09. The number of nitrogens with zero attached hydrogens (tertiary/aromatic N) is 3. The van der Waals surface area contributed by atoms with Crippen LogP contribution in [-0.2, 0) is 26.0 Å². The Labute approximate surface area is 246 Å². The number of hydrogen-bond donors (Lipinski definition) is 1. The lowest BCUT2D eigenvalue weighted by molar-refractivity contribution is -0.385. The molecule has 0 aliphatic rings. The van der Waals surface area contributed by atoms with Gasteiger partial charge in [0.15, 0.2) is 0 Å². The van der Waals surface area contributed by atoms with E-state index in [-0.39, 0.29) is 34.8 Å². The molecule has 12 heteroatoms. The number of methoxy groups -OCH3 is 1. The van der Waals surface area contributed by atoms with E-state index in [4.69, 9.17) is 4.74 Å². The van der Waals surface area contributed by atoms with Gasteiger partial charge in [0.05, 0.1) is 22.6 Å². The molecule has 11 nitrogen and oxygen atoms in total. The zero-order valence-corrected chi connectivity index (χ0v) is 25.1. The molecule has 0 saturated heterocycles. The van der Waals surface area contributed by atoms with Gasteiger partial charge in [-0.1, -0.05) is 36.4 Å². The van der Waals surface area contributed by atoms with Gasteiger partial charge < -0.3 is 15.0 Å². The Morgan fingerprint density at radius 1 is 1.00 bits per heavy atom. The highest BCUT2D eigenvalue weighted by atomic mass is 32.2. The van der Waals surface area contributed by atoms with Gasteiger partial charge in [0.2, 0.25) is 11.8 Å². The molecule has 0 unspecified atom stereocenters. The van der Waals surface area contributed by atoms with Crippen LogP contribution in [0.5, 0.6) is 5.75 Å². The maximum absolute atomic E-state index is 14.0. The summed E-state index contributed by atoms with van der Waals surface area (Å²) >= 11 is 0. The average molecular weight is 597 g/mol. The Bertz CT molecular complexity index is 1510. The standard InChI is InChI=1S/C30H36N4O7S/c1-21(2)31-30(36)23(4)32(18-17-24-9-7-6-8-10-24)29(35)20-33(25-12-14-26(41-5)15-13-25)42(39,40)27-16-11-22(3)28(19-27)34(37)38/h6-16,19,21,23H,17-18,20H2,1-5H3,(H,31,36)/t23-/m1/s1. The van der Waals surface area contributed by atoms with Crippen LogP contribution >= 0.6 is 0 Å². The van der Waals surface area contributed by atoms with Gasteiger partial charge >= 0.3 is 0 Å². The van der Waals surface area contributed by atoms with Crippen molar-refractivity contribution in [2.75, 3.05) is 24.5 Å². The van der Waals surface area contributed by atoms with Crippen molar-refractivity contribution in [3.63, 3.8) is 0 Å². The fourth-order valence-corrected chi connectivity index (χ4v) is 5.76. The fourth-order valence-electron chi connectivity index (χ4n) is 4.33. The number of anilines is 1. The van der Waals surface area contributed by atoms with E-state index in [9.17, 15) is 28.1 Å². The maximum Gasteiger partial charge on any atom is 0.273 e. The van der Waals surface area contributed by atoms with Crippen molar-refractivity contribution in [2.45, 2.75) is 51.1 Å². The van der Waals surface area contributed by atoms with Crippen LogP contribution in [0.3, 0.4) is 0 Å². The van der Waals surface area contributed by atoms with Crippen molar-refractivity contribution in [1.29, 1.82) is 0 Å². The van der Waals surface area contributed by atoms with Crippen LogP contribution < -0.4 is 14.4 Å². The number of ether oxygens (including phenoxy) is 1. The van der Waals surface area contributed by atoms with Crippen LogP contribution in [-0.4, -0.2) is 62.3 Å². The van der Waals surface area contributed by atoms with Gasteiger partial charge in [-0.15, -0.1) is 0 Å². The minimum absolute atomic E-state index is 0.148. The molecule has 224 valence electrons. The number of rotatable bonds is 13. The summed E-state index contributed by atoms with van der Waals surface area (Å²) in [4.78, 5) is 38.8. The molecule has 0 aliphatic carbocycles. The molecule has 2 amide bonds. The van der Waals surface area contributed by atoms with E-state index in [0.717, 1.165) is 15.9 Å². The molecular weight excluding hydrogens is 560 g/mol. The highest BCUT2D eigenvalue weighted by molar-refractivity contribution is 7.92. The van der Waals surface area contributed by atoms with Crippen LogP contribution in [0.15, 0.2) is 77.7 Å². The normalized spacial score (nSPS) is 12.0. The maximum atomic E-state index is 14.0. The van der Waals surface area contributed by atoms with Crippen LogP contribution in [0.1, 0.15) is 31.9 Å². The Hall–Kier alpha value is -4.45. The number of carbonyl (C=O) groups excluding carboxylic acids is 2. The summed E-state index contributed by atoms with van der Waals surface area (Å²) in [5.74, 6) is -0.519. The first-order chi connectivity index (χ1) is 19.8. The summed E-state index contributed by atoms with van der Waals surface area (Å²) in [7, 11) is -3.00. The first-order valence-electron chi connectivity index (χ1n) is 13.4. The molecule has 0 spiro atoms. The second-order valence-corrected chi connectivity index (χ2v) is 11.9. The van der Waals surface area contributed by atoms with E-state index in [1.54, 1.807) is 32.9 Å². The zero-order valence-electron chi connectivity index (χ0n) is 24.3. The molecule has 0 heterocycles. The molecule has 3 rings (SSSR count). The molecule has 0 aliphatic heterocycles. The van der Waals surface area contributed by atoms with Crippen molar-refractivity contribution in [2.24, 2.45) is 0 Å². The summed E-state index contributed by atoms with van der Waals surface area (Å²) in [5.41, 5.74) is 1.02. The lowest BCUT2D eigenvalue weighted by Crippen LogP contribution is -2.53. The number of aryl methyl sites for hydroxylation is 1. The van der Waals surface area contributed by atoms with Gasteiger partial charge in [0, 0.05) is 24.2 Å². The smallest absolute Gasteiger partial charge is 0.273 e. The fraction of sp³-hybridized carbons (Fsp3) is 0.333. The van der Waals surface area contributed by atoms with E-state index < -0.39 is 33.4 Å². The first-order valence-corrected chi connectivity index (χ1v) is 14.8. The topological polar surface area (TPSA) is 139 Å². The lowest BCUT2D eigenvalue weighted by Gasteiger charge is -2.32. The number of nitro benzene ring substituents is 1. The molecule has 0 aromatic heterocycles. The molecule has 3 aromatic rings. The number of carbonyl (C=O) groups is 2. The van der Waals surface area contributed by atoms with Crippen LogP contribution in [0.25, 0.3) is 0 Å². The van der Waals surface area contributed by atoms with Crippen molar-refractivity contribution in [1.82, 2.24) is 10.2 Å². The second-order valence-electron chi connectivity index (χ2n) is 10.1. The minimum atomic E-state index is -4.47. The summed E-state index contributed by atoms with van der Waals surface area (Å²) in [6.45, 7) is 6.22. The molecular formula is C30H36N4O7S. The molecule has 0 saturated carbocycles. The molecule has 0 bridgehead atoms. The predicted molar refractivity (Wildman–Crippen MR) is 160 cm³/mol.